The predicted molar refractivity (Wildman–Crippen MR) is 142 cm³/mol. The van der Waals surface area contributed by atoms with E-state index in [2.05, 4.69) is 38.8 Å². The Kier molecular flexibility index (Phi) is 5.40. The number of nitriles is 1. The van der Waals surface area contributed by atoms with Gasteiger partial charge in [-0.25, -0.2) is 23.7 Å². The second-order valence-corrected chi connectivity index (χ2v) is 11.1. The Morgan fingerprint density at radius 3 is 2.71 bits per heavy atom. The van der Waals surface area contributed by atoms with Crippen LogP contribution in [-0.2, 0) is 17.4 Å². The van der Waals surface area contributed by atoms with Crippen molar-refractivity contribution in [1.82, 2.24) is 29.6 Å². The summed E-state index contributed by atoms with van der Waals surface area (Å²) >= 11 is 0. The van der Waals surface area contributed by atoms with Gasteiger partial charge in [0.05, 0.1) is 17.2 Å². The molecule has 9 nitrogen and oxygen atoms in total. The average molecular weight is 513 g/mol. The van der Waals surface area contributed by atoms with E-state index in [1.165, 1.54) is 47.0 Å². The van der Waals surface area contributed by atoms with Crippen LogP contribution in [0.15, 0.2) is 41.3 Å². The average Bonchev–Trinajstić information content (AvgIpc) is 3.60. The van der Waals surface area contributed by atoms with Gasteiger partial charge in [0.1, 0.15) is 11.2 Å². The molecule has 2 aliphatic rings. The summed E-state index contributed by atoms with van der Waals surface area (Å²) in [7, 11) is 0. The van der Waals surface area contributed by atoms with Crippen LogP contribution in [0.1, 0.15) is 63.4 Å². The van der Waals surface area contributed by atoms with Crippen molar-refractivity contribution in [2.75, 3.05) is 11.9 Å². The molecule has 0 bridgehead atoms. The molecule has 1 aliphatic carbocycles. The summed E-state index contributed by atoms with van der Waals surface area (Å²) in [5.74, 6) is 0.0449. The van der Waals surface area contributed by atoms with E-state index >= 15 is 0 Å². The van der Waals surface area contributed by atoms with Crippen LogP contribution in [0.4, 0.5) is 16.0 Å². The number of fused-ring (bicyclic) bond motifs is 3. The lowest BCUT2D eigenvalue weighted by atomic mass is 9.88. The molecule has 3 aromatic heterocycles. The maximum Gasteiger partial charge on any atom is 0.278 e. The van der Waals surface area contributed by atoms with E-state index in [1.54, 1.807) is 18.5 Å². The van der Waals surface area contributed by atoms with Crippen LogP contribution in [0, 0.1) is 17.1 Å². The fourth-order valence-corrected chi connectivity index (χ4v) is 5.38. The number of pyridine rings is 1. The fourth-order valence-electron chi connectivity index (χ4n) is 5.38. The smallest absolute Gasteiger partial charge is 0.278 e. The van der Waals surface area contributed by atoms with E-state index in [-0.39, 0.29) is 17.3 Å². The van der Waals surface area contributed by atoms with Crippen LogP contribution >= 0.6 is 0 Å². The first-order valence-corrected chi connectivity index (χ1v) is 12.8. The minimum atomic E-state index is -1.16. The van der Waals surface area contributed by atoms with E-state index in [0.29, 0.717) is 28.2 Å². The molecule has 4 heterocycles. The van der Waals surface area contributed by atoms with Gasteiger partial charge in [-0.05, 0) is 75.9 Å². The maximum absolute atomic E-state index is 14.7. The Hall–Kier alpha value is -4.10. The van der Waals surface area contributed by atoms with Crippen LogP contribution in [0.3, 0.4) is 0 Å². The third-order valence-corrected chi connectivity index (χ3v) is 7.60. The van der Waals surface area contributed by atoms with Crippen molar-refractivity contribution in [3.63, 3.8) is 0 Å². The monoisotopic (exact) mass is 512 g/mol. The lowest BCUT2D eigenvalue weighted by Crippen LogP contribution is -2.33. The number of halogens is 1. The summed E-state index contributed by atoms with van der Waals surface area (Å²) in [5.41, 5.74) is 2.75. The molecule has 1 aliphatic heterocycles. The molecule has 10 heteroatoms. The summed E-state index contributed by atoms with van der Waals surface area (Å²) < 4.78 is 17.8. The van der Waals surface area contributed by atoms with Gasteiger partial charge in [0.25, 0.3) is 5.56 Å². The van der Waals surface area contributed by atoms with Crippen molar-refractivity contribution >= 4 is 22.7 Å². The SMILES string of the molecule is CC(C)n1c(=O)c2cnc(Nc3ccc4c(c3)CNCC43CC3)nc2n1-c1ccc(F)c(C(C)(C)C#N)n1. The maximum atomic E-state index is 14.7. The first-order chi connectivity index (χ1) is 18.1. The normalized spacial score (nSPS) is 16.0. The van der Waals surface area contributed by atoms with Crippen LogP contribution in [0.2, 0.25) is 0 Å². The van der Waals surface area contributed by atoms with Gasteiger partial charge in [-0.1, -0.05) is 6.07 Å². The van der Waals surface area contributed by atoms with Crippen LogP contribution in [0.5, 0.6) is 0 Å². The fraction of sp³-hybridized carbons (Fsp3) is 0.393. The second kappa shape index (κ2) is 8.46. The molecule has 0 atom stereocenters. The Bertz CT molecular complexity index is 1690. The molecular weight excluding hydrogens is 483 g/mol. The summed E-state index contributed by atoms with van der Waals surface area (Å²) in [6.07, 6.45) is 3.94. The Morgan fingerprint density at radius 1 is 1.21 bits per heavy atom. The Morgan fingerprint density at radius 2 is 2.00 bits per heavy atom. The molecule has 0 amide bonds. The molecule has 0 radical (unpaired) electrons. The van der Waals surface area contributed by atoms with Crippen LogP contribution in [-0.4, -0.2) is 30.9 Å². The Balaban J connectivity index is 1.46. The number of benzene rings is 1. The number of hydrogen-bond acceptors (Lipinski definition) is 7. The third-order valence-electron chi connectivity index (χ3n) is 7.60. The van der Waals surface area contributed by atoms with E-state index in [4.69, 9.17) is 4.98 Å². The molecule has 38 heavy (non-hydrogen) atoms. The number of rotatable bonds is 5. The van der Waals surface area contributed by atoms with Gasteiger partial charge < -0.3 is 10.6 Å². The van der Waals surface area contributed by atoms with Gasteiger partial charge in [-0.3, -0.25) is 4.79 Å². The molecule has 1 spiro atoms. The lowest BCUT2D eigenvalue weighted by molar-refractivity contribution is 0.467. The topological polar surface area (TPSA) is 113 Å². The molecule has 0 unspecified atom stereocenters. The molecule has 194 valence electrons. The predicted octanol–water partition coefficient (Wildman–Crippen LogP) is 4.38. The molecular formula is C28H29FN8O. The molecule has 0 saturated heterocycles. The highest BCUT2D eigenvalue weighted by molar-refractivity contribution is 5.77. The lowest BCUT2D eigenvalue weighted by Gasteiger charge is -2.26. The highest BCUT2D eigenvalue weighted by Gasteiger charge is 2.46. The highest BCUT2D eigenvalue weighted by atomic mass is 19.1. The van der Waals surface area contributed by atoms with Gasteiger partial charge in [-0.15, -0.1) is 0 Å². The van der Waals surface area contributed by atoms with Crippen molar-refractivity contribution in [3.8, 4) is 11.9 Å². The number of hydrogen-bond donors (Lipinski definition) is 2. The zero-order chi connectivity index (χ0) is 26.8. The first kappa shape index (κ1) is 24.2. The molecule has 1 saturated carbocycles. The molecule has 6 rings (SSSR count). The number of aromatic nitrogens is 5. The van der Waals surface area contributed by atoms with E-state index < -0.39 is 11.2 Å². The van der Waals surface area contributed by atoms with Gasteiger partial charge in [-0.2, -0.15) is 10.2 Å². The van der Waals surface area contributed by atoms with Gasteiger partial charge in [0.15, 0.2) is 11.5 Å². The van der Waals surface area contributed by atoms with Crippen molar-refractivity contribution in [1.29, 1.82) is 5.26 Å². The van der Waals surface area contributed by atoms with Crippen molar-refractivity contribution in [2.24, 2.45) is 0 Å². The quantitative estimate of drug-likeness (QED) is 0.408. The van der Waals surface area contributed by atoms with E-state index in [1.807, 2.05) is 19.9 Å². The third kappa shape index (κ3) is 3.77. The minimum Gasteiger partial charge on any atom is -0.324 e. The summed E-state index contributed by atoms with van der Waals surface area (Å²) in [5, 5.41) is 16.7. The van der Waals surface area contributed by atoms with E-state index in [0.717, 1.165) is 18.8 Å². The zero-order valence-electron chi connectivity index (χ0n) is 21.8. The summed E-state index contributed by atoms with van der Waals surface area (Å²) in [6, 6.07) is 11.0. The largest absolute Gasteiger partial charge is 0.324 e. The molecule has 4 aromatic rings. The van der Waals surface area contributed by atoms with Gasteiger partial charge >= 0.3 is 0 Å². The number of nitrogens with one attached hydrogen (secondary N) is 2. The van der Waals surface area contributed by atoms with Gasteiger partial charge in [0.2, 0.25) is 5.95 Å². The zero-order valence-corrected chi connectivity index (χ0v) is 21.8. The van der Waals surface area contributed by atoms with Crippen LogP contribution < -0.4 is 16.2 Å². The standard InChI is InChI=1S/C28H29FN8O/c1-16(2)36-25(38)19-13-32-26(33-18-5-6-20-17(11-18)12-31-15-28(20)9-10-28)35-24(19)37(36)22-8-7-21(29)23(34-22)27(3,4)14-30/h5-8,11,13,16,31H,9-10,12,15H2,1-4H3,(H,32,33,35). The van der Waals surface area contributed by atoms with E-state index in [9.17, 15) is 14.4 Å². The second-order valence-electron chi connectivity index (χ2n) is 11.1. The van der Waals surface area contributed by atoms with Crippen LogP contribution in [0.25, 0.3) is 16.9 Å². The number of anilines is 2. The van der Waals surface area contributed by atoms with Gasteiger partial charge in [0, 0.05) is 36.4 Å². The Labute approximate surface area is 219 Å². The molecule has 1 aromatic carbocycles. The van der Waals surface area contributed by atoms with Crippen molar-refractivity contribution in [2.45, 2.75) is 64.0 Å². The molecule has 2 N–H and O–H groups in total. The number of nitrogens with zero attached hydrogens (tertiary/aromatic N) is 6. The minimum absolute atomic E-state index is 0.00520. The highest BCUT2D eigenvalue weighted by Crippen LogP contribution is 2.50. The molecule has 1 fully saturated rings. The van der Waals surface area contributed by atoms with Crippen molar-refractivity contribution < 1.29 is 4.39 Å². The summed E-state index contributed by atoms with van der Waals surface area (Å²) in [6.45, 7) is 8.81. The van der Waals surface area contributed by atoms with Crippen molar-refractivity contribution in [3.05, 3.63) is 69.5 Å². The first-order valence-electron chi connectivity index (χ1n) is 12.8. The summed E-state index contributed by atoms with van der Waals surface area (Å²) in [4.78, 5) is 27.0.